The summed E-state index contributed by atoms with van der Waals surface area (Å²) < 4.78 is 0. The molecule has 1 N–H and O–H groups in total. The minimum absolute atomic E-state index is 0.277. The summed E-state index contributed by atoms with van der Waals surface area (Å²) in [5.74, 6) is -0.990. The zero-order valence-electron chi connectivity index (χ0n) is 14.6. The minimum atomic E-state index is -0.713. The van der Waals surface area contributed by atoms with Crippen molar-refractivity contribution in [2.24, 2.45) is 11.1 Å². The highest BCUT2D eigenvalue weighted by Crippen LogP contribution is 2.16. The standard InChI is InChI=1S/C20H23N3O3/c24-20(25)17-9-6-12-23(15-17)13-14-26-22-19(16-7-2-1-3-8-16)18-10-4-5-11-21-18/h1-5,7-8,10-11,17H,6,9,12-15H2,(H,24,25)/b22-19-/t17-/m1/s1. The average molecular weight is 353 g/mol. The number of nitrogens with zero attached hydrogens (tertiary/aromatic N) is 3. The Morgan fingerprint density at radius 2 is 2.04 bits per heavy atom. The predicted octanol–water partition coefficient (Wildman–Crippen LogP) is 2.65. The van der Waals surface area contributed by atoms with Gasteiger partial charge in [-0.2, -0.15) is 0 Å². The number of carboxylic acid groups (broad SMARTS) is 1. The Morgan fingerprint density at radius 1 is 1.23 bits per heavy atom. The van der Waals surface area contributed by atoms with Crippen molar-refractivity contribution in [3.05, 3.63) is 66.0 Å². The van der Waals surface area contributed by atoms with E-state index in [4.69, 9.17) is 9.94 Å². The lowest BCUT2D eigenvalue weighted by Crippen LogP contribution is -2.40. The summed E-state index contributed by atoms with van der Waals surface area (Å²) in [7, 11) is 0. The van der Waals surface area contributed by atoms with E-state index in [2.05, 4.69) is 15.0 Å². The molecule has 26 heavy (non-hydrogen) atoms. The molecule has 2 heterocycles. The zero-order chi connectivity index (χ0) is 18.2. The number of likely N-dealkylation sites (tertiary alicyclic amines) is 1. The van der Waals surface area contributed by atoms with Crippen LogP contribution in [0.5, 0.6) is 0 Å². The van der Waals surface area contributed by atoms with Gasteiger partial charge in [0.15, 0.2) is 0 Å². The van der Waals surface area contributed by atoms with Crippen LogP contribution in [0.4, 0.5) is 0 Å². The van der Waals surface area contributed by atoms with E-state index in [0.717, 1.165) is 30.6 Å². The highest BCUT2D eigenvalue weighted by atomic mass is 16.6. The van der Waals surface area contributed by atoms with Gasteiger partial charge in [0, 0.05) is 24.8 Å². The second-order valence-electron chi connectivity index (χ2n) is 6.33. The molecule has 6 nitrogen and oxygen atoms in total. The molecule has 1 aliphatic rings. The number of aromatic nitrogens is 1. The summed E-state index contributed by atoms with van der Waals surface area (Å²) in [5, 5.41) is 13.5. The highest BCUT2D eigenvalue weighted by Gasteiger charge is 2.25. The first-order valence-electron chi connectivity index (χ1n) is 8.86. The van der Waals surface area contributed by atoms with Crippen LogP contribution in [0, 0.1) is 5.92 Å². The van der Waals surface area contributed by atoms with E-state index in [1.54, 1.807) is 6.20 Å². The molecule has 0 aliphatic carbocycles. The lowest BCUT2D eigenvalue weighted by atomic mass is 9.98. The maximum atomic E-state index is 11.1. The third kappa shape index (κ3) is 4.89. The summed E-state index contributed by atoms with van der Waals surface area (Å²) >= 11 is 0. The molecule has 1 aliphatic heterocycles. The molecule has 0 spiro atoms. The number of rotatable bonds is 7. The first kappa shape index (κ1) is 18.1. The van der Waals surface area contributed by atoms with Crippen LogP contribution in [0.3, 0.4) is 0 Å². The molecular weight excluding hydrogens is 330 g/mol. The molecule has 0 unspecified atom stereocenters. The molecule has 1 atom stereocenters. The van der Waals surface area contributed by atoms with E-state index in [1.165, 1.54) is 0 Å². The molecule has 0 amide bonds. The fourth-order valence-corrected chi connectivity index (χ4v) is 3.09. The van der Waals surface area contributed by atoms with Crippen LogP contribution >= 0.6 is 0 Å². The summed E-state index contributed by atoms with van der Waals surface area (Å²) in [5.41, 5.74) is 2.38. The molecule has 6 heteroatoms. The minimum Gasteiger partial charge on any atom is -0.481 e. The van der Waals surface area contributed by atoms with Gasteiger partial charge in [-0.05, 0) is 31.5 Å². The van der Waals surface area contributed by atoms with Crippen LogP contribution in [0.15, 0.2) is 59.9 Å². The maximum absolute atomic E-state index is 11.1. The topological polar surface area (TPSA) is 75.0 Å². The number of benzene rings is 1. The van der Waals surface area contributed by atoms with Crippen LogP contribution in [0.25, 0.3) is 0 Å². The molecular formula is C20H23N3O3. The van der Waals surface area contributed by atoms with E-state index in [9.17, 15) is 4.79 Å². The van der Waals surface area contributed by atoms with Crippen molar-refractivity contribution in [3.63, 3.8) is 0 Å². The Balaban J connectivity index is 1.61. The monoisotopic (exact) mass is 353 g/mol. The Bertz CT molecular complexity index is 693. The van der Waals surface area contributed by atoms with Crippen LogP contribution in [-0.2, 0) is 9.63 Å². The first-order valence-corrected chi connectivity index (χ1v) is 8.86. The van der Waals surface area contributed by atoms with E-state index < -0.39 is 5.97 Å². The van der Waals surface area contributed by atoms with Crippen LogP contribution in [0.1, 0.15) is 24.1 Å². The van der Waals surface area contributed by atoms with Gasteiger partial charge in [0.1, 0.15) is 12.3 Å². The molecule has 1 aromatic carbocycles. The Hall–Kier alpha value is -2.73. The van der Waals surface area contributed by atoms with Crippen molar-refractivity contribution in [1.29, 1.82) is 0 Å². The number of piperidine rings is 1. The number of aliphatic carboxylic acids is 1. The third-order valence-corrected chi connectivity index (χ3v) is 4.46. The molecule has 0 bridgehead atoms. The number of oxime groups is 1. The van der Waals surface area contributed by atoms with Crippen molar-refractivity contribution in [1.82, 2.24) is 9.88 Å². The molecule has 2 aromatic rings. The van der Waals surface area contributed by atoms with Crippen molar-refractivity contribution < 1.29 is 14.7 Å². The average Bonchev–Trinajstić information content (AvgIpc) is 2.69. The van der Waals surface area contributed by atoms with Gasteiger partial charge in [0.2, 0.25) is 0 Å². The third-order valence-electron chi connectivity index (χ3n) is 4.46. The predicted molar refractivity (Wildman–Crippen MR) is 99.1 cm³/mol. The van der Waals surface area contributed by atoms with Gasteiger partial charge in [-0.15, -0.1) is 0 Å². The van der Waals surface area contributed by atoms with Crippen LogP contribution < -0.4 is 0 Å². The largest absolute Gasteiger partial charge is 0.481 e. The van der Waals surface area contributed by atoms with Crippen LogP contribution in [0.2, 0.25) is 0 Å². The molecule has 136 valence electrons. The highest BCUT2D eigenvalue weighted by molar-refractivity contribution is 6.11. The SMILES string of the molecule is O=C(O)[C@@H]1CCCN(CCO/N=C(/c2ccccc2)c2ccccn2)C1. The Morgan fingerprint density at radius 3 is 2.77 bits per heavy atom. The quantitative estimate of drug-likeness (QED) is 0.470. The van der Waals surface area contributed by atoms with E-state index >= 15 is 0 Å². The Kier molecular flexibility index (Phi) is 6.33. The molecule has 1 aromatic heterocycles. The Labute approximate surface area is 153 Å². The van der Waals surface area contributed by atoms with E-state index in [-0.39, 0.29) is 5.92 Å². The van der Waals surface area contributed by atoms with Gasteiger partial charge in [0.05, 0.1) is 11.6 Å². The number of pyridine rings is 1. The van der Waals surface area contributed by atoms with Gasteiger partial charge in [0.25, 0.3) is 0 Å². The first-order chi connectivity index (χ1) is 12.7. The van der Waals surface area contributed by atoms with Gasteiger partial charge in [-0.25, -0.2) is 0 Å². The summed E-state index contributed by atoms with van der Waals surface area (Å²) in [6.07, 6.45) is 3.39. The molecule has 1 fully saturated rings. The van der Waals surface area contributed by atoms with Gasteiger partial charge in [-0.1, -0.05) is 41.6 Å². The number of hydrogen-bond donors (Lipinski definition) is 1. The van der Waals surface area contributed by atoms with E-state index in [1.807, 2.05) is 48.5 Å². The van der Waals surface area contributed by atoms with Crippen molar-refractivity contribution >= 4 is 11.7 Å². The molecule has 0 saturated carbocycles. The summed E-state index contributed by atoms with van der Waals surface area (Å²) in [6.45, 7) is 2.56. The van der Waals surface area contributed by atoms with E-state index in [0.29, 0.717) is 25.4 Å². The van der Waals surface area contributed by atoms with Crippen molar-refractivity contribution in [2.45, 2.75) is 12.8 Å². The smallest absolute Gasteiger partial charge is 0.307 e. The van der Waals surface area contributed by atoms with Crippen molar-refractivity contribution in [2.75, 3.05) is 26.2 Å². The fraction of sp³-hybridized carbons (Fsp3) is 0.350. The van der Waals surface area contributed by atoms with Crippen molar-refractivity contribution in [3.8, 4) is 0 Å². The lowest BCUT2D eigenvalue weighted by molar-refractivity contribution is -0.143. The zero-order valence-corrected chi connectivity index (χ0v) is 14.6. The number of carbonyl (C=O) groups is 1. The molecule has 3 rings (SSSR count). The van der Waals surface area contributed by atoms with Gasteiger partial charge in [-0.3, -0.25) is 14.7 Å². The second-order valence-corrected chi connectivity index (χ2v) is 6.33. The number of hydrogen-bond acceptors (Lipinski definition) is 5. The molecule has 1 saturated heterocycles. The molecule has 0 radical (unpaired) electrons. The van der Waals surface area contributed by atoms with Gasteiger partial charge < -0.3 is 9.94 Å². The normalized spacial score (nSPS) is 18.5. The van der Waals surface area contributed by atoms with Crippen LogP contribution in [-0.4, -0.2) is 52.9 Å². The fourth-order valence-electron chi connectivity index (χ4n) is 3.09. The maximum Gasteiger partial charge on any atom is 0.307 e. The lowest BCUT2D eigenvalue weighted by Gasteiger charge is -2.29. The summed E-state index contributed by atoms with van der Waals surface area (Å²) in [4.78, 5) is 23.2. The summed E-state index contributed by atoms with van der Waals surface area (Å²) in [6, 6.07) is 15.5. The second kappa shape index (κ2) is 9.10. The van der Waals surface area contributed by atoms with Gasteiger partial charge >= 0.3 is 5.97 Å². The number of carboxylic acids is 1.